The maximum atomic E-state index is 11.7. The lowest BCUT2D eigenvalue weighted by molar-refractivity contribution is -0.122. The van der Waals surface area contributed by atoms with E-state index >= 15 is 0 Å². The molecule has 0 aliphatic carbocycles. The van der Waals surface area contributed by atoms with Gasteiger partial charge in [0.2, 0.25) is 5.91 Å². The van der Waals surface area contributed by atoms with E-state index in [1.165, 1.54) is 0 Å². The van der Waals surface area contributed by atoms with E-state index in [0.29, 0.717) is 12.3 Å². The Kier molecular flexibility index (Phi) is 13.0. The van der Waals surface area contributed by atoms with Crippen LogP contribution in [0, 0.1) is 5.92 Å². The lowest BCUT2D eigenvalue weighted by atomic mass is 9.93. The molecule has 1 heterocycles. The minimum atomic E-state index is 0.233. The average molecular weight is 286 g/mol. The zero-order chi connectivity index (χ0) is 15.2. The summed E-state index contributed by atoms with van der Waals surface area (Å²) in [6.45, 7) is 7.91. The van der Waals surface area contributed by atoms with Gasteiger partial charge in [0.15, 0.2) is 0 Å². The Hall–Kier alpha value is -0.610. The first kappa shape index (κ1) is 19.4. The average Bonchev–Trinajstić information content (AvgIpc) is 2.47. The third-order valence-corrected chi connectivity index (χ3v) is 3.66. The van der Waals surface area contributed by atoms with Crippen LogP contribution in [0.15, 0.2) is 0 Å². The van der Waals surface area contributed by atoms with Crippen LogP contribution in [0.2, 0.25) is 0 Å². The second-order valence-electron chi connectivity index (χ2n) is 5.35. The fourth-order valence-electron chi connectivity index (χ4n) is 2.38. The molecule has 0 bridgehead atoms. The predicted octanol–water partition coefficient (Wildman–Crippen LogP) is 2.68. The van der Waals surface area contributed by atoms with E-state index in [-0.39, 0.29) is 5.91 Å². The fraction of sp³-hybridized carbons (Fsp3) is 0.938. The summed E-state index contributed by atoms with van der Waals surface area (Å²) in [5, 5.41) is 3.02. The molecular weight excluding hydrogens is 252 g/mol. The smallest absolute Gasteiger partial charge is 0.220 e. The number of nitrogens with one attached hydrogen (secondary N) is 1. The number of piperidine rings is 1. The van der Waals surface area contributed by atoms with Gasteiger partial charge in [-0.2, -0.15) is 0 Å². The number of amides is 1. The maximum absolute atomic E-state index is 11.7. The van der Waals surface area contributed by atoms with Crippen LogP contribution in [0.1, 0.15) is 52.4 Å². The summed E-state index contributed by atoms with van der Waals surface area (Å²) in [6, 6.07) is 0. The van der Waals surface area contributed by atoms with Crippen molar-refractivity contribution in [1.82, 2.24) is 10.2 Å². The van der Waals surface area contributed by atoms with Crippen LogP contribution in [0.25, 0.3) is 0 Å². The summed E-state index contributed by atoms with van der Waals surface area (Å²) in [7, 11) is 3.87. The summed E-state index contributed by atoms with van der Waals surface area (Å²) in [5.74, 6) is 0.825. The number of nitrogens with zero attached hydrogens (tertiary/aromatic N) is 1. The molecule has 4 heteroatoms. The minimum Gasteiger partial charge on any atom is -0.385 e. The highest BCUT2D eigenvalue weighted by atomic mass is 16.5. The van der Waals surface area contributed by atoms with Gasteiger partial charge >= 0.3 is 0 Å². The molecule has 1 fully saturated rings. The maximum Gasteiger partial charge on any atom is 0.220 e. The molecular formula is C16H34N2O2. The first-order valence-electron chi connectivity index (χ1n) is 8.16. The molecule has 1 amide bonds. The second kappa shape index (κ2) is 13.4. The molecule has 1 aliphatic heterocycles. The summed E-state index contributed by atoms with van der Waals surface area (Å²) >= 11 is 0. The van der Waals surface area contributed by atoms with Crippen molar-refractivity contribution in [1.29, 1.82) is 0 Å². The highest BCUT2D eigenvalue weighted by Gasteiger charge is 2.18. The van der Waals surface area contributed by atoms with Crippen molar-refractivity contribution in [2.75, 3.05) is 40.4 Å². The Morgan fingerprint density at radius 1 is 1.20 bits per heavy atom. The van der Waals surface area contributed by atoms with Gasteiger partial charge in [-0.05, 0) is 58.2 Å². The van der Waals surface area contributed by atoms with E-state index in [2.05, 4.69) is 17.3 Å². The van der Waals surface area contributed by atoms with Gasteiger partial charge < -0.3 is 15.0 Å². The highest BCUT2D eigenvalue weighted by molar-refractivity contribution is 5.76. The van der Waals surface area contributed by atoms with Crippen LogP contribution in [-0.4, -0.2) is 51.2 Å². The van der Waals surface area contributed by atoms with E-state index in [9.17, 15) is 4.79 Å². The van der Waals surface area contributed by atoms with E-state index in [0.717, 1.165) is 58.3 Å². The van der Waals surface area contributed by atoms with Crippen molar-refractivity contribution in [2.45, 2.75) is 52.4 Å². The van der Waals surface area contributed by atoms with Crippen molar-refractivity contribution in [2.24, 2.45) is 5.92 Å². The van der Waals surface area contributed by atoms with Gasteiger partial charge in [-0.15, -0.1) is 0 Å². The standard InChI is InChI=1S/C14H28N2O2.C2H6/c1-16-9-6-13(7-10-16)12-14(17)15-8-4-3-5-11-18-2;1-2/h13H,3-12H2,1-2H3,(H,15,17);1-2H3. The van der Waals surface area contributed by atoms with Crippen molar-refractivity contribution >= 4 is 5.91 Å². The Balaban J connectivity index is 0.00000172. The molecule has 120 valence electrons. The normalized spacial score (nSPS) is 16.4. The summed E-state index contributed by atoms with van der Waals surface area (Å²) in [4.78, 5) is 14.1. The molecule has 0 aromatic heterocycles. The van der Waals surface area contributed by atoms with E-state index in [1.807, 2.05) is 13.8 Å². The van der Waals surface area contributed by atoms with Crippen molar-refractivity contribution in [3.8, 4) is 0 Å². The van der Waals surface area contributed by atoms with Crippen LogP contribution in [0.5, 0.6) is 0 Å². The Bertz CT molecular complexity index is 227. The number of ether oxygens (including phenoxy) is 1. The second-order valence-corrected chi connectivity index (χ2v) is 5.35. The summed E-state index contributed by atoms with van der Waals surface area (Å²) < 4.78 is 4.99. The molecule has 1 rings (SSSR count). The highest BCUT2D eigenvalue weighted by Crippen LogP contribution is 2.19. The molecule has 4 nitrogen and oxygen atoms in total. The van der Waals surface area contributed by atoms with Gasteiger partial charge in [0.25, 0.3) is 0 Å². The molecule has 0 aromatic rings. The topological polar surface area (TPSA) is 41.6 Å². The van der Waals surface area contributed by atoms with Gasteiger partial charge in [-0.25, -0.2) is 0 Å². The number of hydrogen-bond donors (Lipinski definition) is 1. The van der Waals surface area contributed by atoms with E-state index in [4.69, 9.17) is 4.74 Å². The molecule has 1 N–H and O–H groups in total. The molecule has 20 heavy (non-hydrogen) atoms. The molecule has 0 radical (unpaired) electrons. The number of rotatable bonds is 8. The van der Waals surface area contributed by atoms with Crippen molar-refractivity contribution in [3.63, 3.8) is 0 Å². The molecule has 1 saturated heterocycles. The third-order valence-electron chi connectivity index (χ3n) is 3.66. The van der Waals surface area contributed by atoms with Gasteiger partial charge in [0.1, 0.15) is 0 Å². The molecule has 0 aromatic carbocycles. The predicted molar refractivity (Wildman–Crippen MR) is 84.9 cm³/mol. The Morgan fingerprint density at radius 3 is 2.45 bits per heavy atom. The molecule has 1 aliphatic rings. The number of unbranched alkanes of at least 4 members (excludes halogenated alkanes) is 2. The number of carbonyl (C=O) groups is 1. The fourth-order valence-corrected chi connectivity index (χ4v) is 2.38. The van der Waals surface area contributed by atoms with Crippen LogP contribution < -0.4 is 5.32 Å². The zero-order valence-corrected chi connectivity index (χ0v) is 13.9. The lowest BCUT2D eigenvalue weighted by Gasteiger charge is -2.28. The zero-order valence-electron chi connectivity index (χ0n) is 13.9. The number of methoxy groups -OCH3 is 1. The SMILES string of the molecule is CC.COCCCCCNC(=O)CC1CCN(C)CC1. The van der Waals surface area contributed by atoms with Gasteiger partial charge in [0, 0.05) is 26.7 Å². The van der Waals surface area contributed by atoms with Gasteiger partial charge in [-0.1, -0.05) is 13.8 Å². The Labute approximate surface area is 125 Å². The lowest BCUT2D eigenvalue weighted by Crippen LogP contribution is -2.33. The van der Waals surface area contributed by atoms with Crippen LogP contribution in [-0.2, 0) is 9.53 Å². The van der Waals surface area contributed by atoms with Crippen LogP contribution in [0.4, 0.5) is 0 Å². The number of carbonyl (C=O) groups excluding carboxylic acids is 1. The summed E-state index contributed by atoms with van der Waals surface area (Å²) in [5.41, 5.74) is 0. The number of likely N-dealkylation sites (tertiary alicyclic amines) is 1. The van der Waals surface area contributed by atoms with Gasteiger partial charge in [-0.3, -0.25) is 4.79 Å². The van der Waals surface area contributed by atoms with Crippen molar-refractivity contribution in [3.05, 3.63) is 0 Å². The van der Waals surface area contributed by atoms with E-state index < -0.39 is 0 Å². The summed E-state index contributed by atoms with van der Waals surface area (Å²) in [6.07, 6.45) is 6.31. The first-order chi connectivity index (χ1) is 9.72. The largest absolute Gasteiger partial charge is 0.385 e. The molecule has 0 unspecified atom stereocenters. The number of hydrogen-bond acceptors (Lipinski definition) is 3. The molecule has 0 atom stereocenters. The third kappa shape index (κ3) is 10.2. The Morgan fingerprint density at radius 2 is 1.85 bits per heavy atom. The minimum absolute atomic E-state index is 0.233. The van der Waals surface area contributed by atoms with Crippen LogP contribution >= 0.6 is 0 Å². The quantitative estimate of drug-likeness (QED) is 0.698. The monoisotopic (exact) mass is 286 g/mol. The molecule has 0 saturated carbocycles. The van der Waals surface area contributed by atoms with Crippen molar-refractivity contribution < 1.29 is 9.53 Å². The molecule has 0 spiro atoms. The van der Waals surface area contributed by atoms with Crippen LogP contribution in [0.3, 0.4) is 0 Å². The van der Waals surface area contributed by atoms with Gasteiger partial charge in [0.05, 0.1) is 0 Å². The van der Waals surface area contributed by atoms with E-state index in [1.54, 1.807) is 7.11 Å². The first-order valence-corrected chi connectivity index (χ1v) is 8.16.